The number of nitrogens with two attached hydrogens (primary N) is 1. The molecule has 2 aromatic rings. The van der Waals surface area contributed by atoms with Crippen LogP contribution in [-0.4, -0.2) is 10.9 Å². The third-order valence-corrected chi connectivity index (χ3v) is 2.93. The lowest BCUT2D eigenvalue weighted by Gasteiger charge is -2.06. The molecule has 19 heavy (non-hydrogen) atoms. The van der Waals surface area contributed by atoms with Gasteiger partial charge in [-0.05, 0) is 46.3 Å². The van der Waals surface area contributed by atoms with E-state index in [1.165, 1.54) is 24.3 Å². The number of hydrogen-bond acceptors (Lipinski definition) is 3. The van der Waals surface area contributed by atoms with Crippen molar-refractivity contribution in [2.24, 2.45) is 5.73 Å². The van der Waals surface area contributed by atoms with E-state index in [4.69, 9.17) is 22.4 Å². The Balaban J connectivity index is 2.22. The van der Waals surface area contributed by atoms with E-state index < -0.39 is 11.7 Å². The molecule has 3 N–H and O–H groups in total. The van der Waals surface area contributed by atoms with Gasteiger partial charge in [-0.3, -0.25) is 4.79 Å². The molecule has 0 saturated heterocycles. The predicted molar refractivity (Wildman–Crippen MR) is 76.6 cm³/mol. The molecule has 0 aliphatic carbocycles. The zero-order chi connectivity index (χ0) is 14.0. The number of carbonyl (C=O) groups excluding carboxylic acids is 1. The van der Waals surface area contributed by atoms with Crippen molar-refractivity contribution in [3.8, 4) is 0 Å². The summed E-state index contributed by atoms with van der Waals surface area (Å²) in [7, 11) is 0. The minimum absolute atomic E-state index is 0.0747. The topological polar surface area (TPSA) is 68.3 Å². The highest BCUT2D eigenvalue weighted by atomic mass is 79.9. The van der Waals surface area contributed by atoms with Crippen LogP contribution in [0.2, 0.25) is 0 Å². The van der Waals surface area contributed by atoms with Crippen LogP contribution in [0.5, 0.6) is 0 Å². The molecule has 0 fully saturated rings. The summed E-state index contributed by atoms with van der Waals surface area (Å²) in [6.45, 7) is 0. The summed E-state index contributed by atoms with van der Waals surface area (Å²) in [5, 5.41) is 2.56. The van der Waals surface area contributed by atoms with Crippen LogP contribution in [0, 0.1) is 5.82 Å². The van der Waals surface area contributed by atoms with Crippen LogP contribution in [0.3, 0.4) is 0 Å². The molecule has 0 aliphatic rings. The maximum Gasteiger partial charge on any atom is 0.291 e. The Kier molecular flexibility index (Phi) is 3.96. The minimum Gasteiger partial charge on any atom is -0.444 e. The van der Waals surface area contributed by atoms with E-state index in [-0.39, 0.29) is 16.3 Å². The van der Waals surface area contributed by atoms with Gasteiger partial charge in [0.25, 0.3) is 5.91 Å². The monoisotopic (exact) mass is 342 g/mol. The van der Waals surface area contributed by atoms with E-state index in [1.54, 1.807) is 6.07 Å². The van der Waals surface area contributed by atoms with Crippen LogP contribution >= 0.6 is 28.1 Å². The molecule has 0 unspecified atom stereocenters. The number of anilines is 1. The summed E-state index contributed by atoms with van der Waals surface area (Å²) < 4.78 is 18.9. The molecule has 0 aliphatic heterocycles. The third kappa shape index (κ3) is 3.18. The standard InChI is InChI=1S/C12H8BrFN2O2S/c13-10-4-3-9(18-10)12(17)16-6-1-2-8(14)7(5-6)11(15)19/h1-5H,(H2,15,19)(H,16,17). The van der Waals surface area contributed by atoms with Gasteiger partial charge in [-0.15, -0.1) is 0 Å². The lowest BCUT2D eigenvalue weighted by atomic mass is 10.2. The highest BCUT2D eigenvalue weighted by molar-refractivity contribution is 9.10. The number of thiocarbonyl (C=S) groups is 1. The number of amides is 1. The quantitative estimate of drug-likeness (QED) is 0.841. The number of furan rings is 1. The summed E-state index contributed by atoms with van der Waals surface area (Å²) in [6.07, 6.45) is 0. The van der Waals surface area contributed by atoms with Crippen LogP contribution in [0.1, 0.15) is 16.1 Å². The van der Waals surface area contributed by atoms with Gasteiger partial charge in [-0.25, -0.2) is 4.39 Å². The molecule has 1 aromatic heterocycles. The number of carbonyl (C=O) groups is 1. The lowest BCUT2D eigenvalue weighted by molar-refractivity contribution is 0.0995. The lowest BCUT2D eigenvalue weighted by Crippen LogP contribution is -2.14. The Morgan fingerprint density at radius 3 is 2.68 bits per heavy atom. The maximum atomic E-state index is 13.4. The Morgan fingerprint density at radius 1 is 1.37 bits per heavy atom. The Labute approximate surface area is 121 Å². The zero-order valence-electron chi connectivity index (χ0n) is 9.44. The summed E-state index contributed by atoms with van der Waals surface area (Å²) in [6, 6.07) is 7.07. The number of nitrogens with one attached hydrogen (secondary N) is 1. The van der Waals surface area contributed by atoms with Gasteiger partial charge in [-0.2, -0.15) is 0 Å². The van der Waals surface area contributed by atoms with Gasteiger partial charge in [0.05, 0.1) is 0 Å². The second-order valence-electron chi connectivity index (χ2n) is 3.62. The molecule has 0 saturated carbocycles. The molecule has 0 spiro atoms. The highest BCUT2D eigenvalue weighted by Gasteiger charge is 2.12. The van der Waals surface area contributed by atoms with E-state index in [1.807, 2.05) is 0 Å². The first-order chi connectivity index (χ1) is 8.97. The Bertz CT molecular complexity index is 657. The molecule has 98 valence electrons. The van der Waals surface area contributed by atoms with E-state index in [0.29, 0.717) is 10.4 Å². The van der Waals surface area contributed by atoms with Gasteiger partial charge in [-0.1, -0.05) is 12.2 Å². The number of hydrogen-bond donors (Lipinski definition) is 2. The van der Waals surface area contributed by atoms with E-state index >= 15 is 0 Å². The van der Waals surface area contributed by atoms with Crippen LogP contribution in [0.4, 0.5) is 10.1 Å². The fourth-order valence-electron chi connectivity index (χ4n) is 1.42. The normalized spacial score (nSPS) is 10.2. The second kappa shape index (κ2) is 5.50. The van der Waals surface area contributed by atoms with Gasteiger partial charge in [0.15, 0.2) is 10.4 Å². The van der Waals surface area contributed by atoms with Crippen LogP contribution < -0.4 is 11.1 Å². The van der Waals surface area contributed by atoms with Crippen molar-refractivity contribution in [1.82, 2.24) is 0 Å². The van der Waals surface area contributed by atoms with Gasteiger partial charge in [0.2, 0.25) is 0 Å². The fourth-order valence-corrected chi connectivity index (χ4v) is 1.88. The van der Waals surface area contributed by atoms with E-state index in [9.17, 15) is 9.18 Å². The molecule has 7 heteroatoms. The minimum atomic E-state index is -0.536. The van der Waals surface area contributed by atoms with E-state index in [2.05, 4.69) is 21.2 Å². The largest absolute Gasteiger partial charge is 0.444 e. The van der Waals surface area contributed by atoms with Crippen molar-refractivity contribution in [2.75, 3.05) is 5.32 Å². The van der Waals surface area contributed by atoms with Crippen molar-refractivity contribution in [1.29, 1.82) is 0 Å². The van der Waals surface area contributed by atoms with Crippen LogP contribution in [0.25, 0.3) is 0 Å². The molecule has 1 aromatic carbocycles. The molecule has 4 nitrogen and oxygen atoms in total. The first-order valence-corrected chi connectivity index (χ1v) is 6.33. The van der Waals surface area contributed by atoms with Crippen molar-refractivity contribution >= 4 is 44.7 Å². The Morgan fingerprint density at radius 2 is 2.11 bits per heavy atom. The summed E-state index contributed by atoms with van der Waals surface area (Å²) in [5.41, 5.74) is 5.84. The molecule has 0 atom stereocenters. The van der Waals surface area contributed by atoms with E-state index in [0.717, 1.165) is 0 Å². The number of benzene rings is 1. The Hall–Kier alpha value is -1.73. The van der Waals surface area contributed by atoms with Gasteiger partial charge < -0.3 is 15.5 Å². The third-order valence-electron chi connectivity index (χ3n) is 2.29. The van der Waals surface area contributed by atoms with Crippen molar-refractivity contribution < 1.29 is 13.6 Å². The highest BCUT2D eigenvalue weighted by Crippen LogP contribution is 2.18. The van der Waals surface area contributed by atoms with Crippen LogP contribution in [0.15, 0.2) is 39.4 Å². The van der Waals surface area contributed by atoms with Crippen molar-refractivity contribution in [2.45, 2.75) is 0 Å². The summed E-state index contributed by atoms with van der Waals surface area (Å²) in [4.78, 5) is 11.7. The number of rotatable bonds is 3. The van der Waals surface area contributed by atoms with Crippen molar-refractivity contribution in [3.63, 3.8) is 0 Å². The fraction of sp³-hybridized carbons (Fsp3) is 0. The average Bonchev–Trinajstić information content (AvgIpc) is 2.78. The first kappa shape index (κ1) is 13.7. The summed E-state index contributed by atoms with van der Waals surface area (Å²) in [5.74, 6) is -0.856. The maximum absolute atomic E-state index is 13.4. The summed E-state index contributed by atoms with van der Waals surface area (Å²) >= 11 is 7.82. The average molecular weight is 343 g/mol. The zero-order valence-corrected chi connectivity index (χ0v) is 11.8. The molecule has 0 bridgehead atoms. The molecular formula is C12H8BrFN2O2S. The smallest absolute Gasteiger partial charge is 0.291 e. The molecule has 0 radical (unpaired) electrons. The molecule has 2 rings (SSSR count). The first-order valence-electron chi connectivity index (χ1n) is 5.13. The predicted octanol–water partition coefficient (Wildman–Crippen LogP) is 3.07. The second-order valence-corrected chi connectivity index (χ2v) is 4.84. The molecular weight excluding hydrogens is 335 g/mol. The molecule has 1 amide bonds. The van der Waals surface area contributed by atoms with Crippen molar-refractivity contribution in [3.05, 3.63) is 52.1 Å². The van der Waals surface area contributed by atoms with Gasteiger partial charge >= 0.3 is 0 Å². The number of halogens is 2. The van der Waals surface area contributed by atoms with Gasteiger partial charge in [0, 0.05) is 11.3 Å². The molecule has 1 heterocycles. The van der Waals surface area contributed by atoms with Crippen LogP contribution in [-0.2, 0) is 0 Å². The van der Waals surface area contributed by atoms with Gasteiger partial charge in [0.1, 0.15) is 10.8 Å². The SMILES string of the molecule is NC(=S)c1cc(NC(=O)c2ccc(Br)o2)ccc1F.